The first-order valence-corrected chi connectivity index (χ1v) is 10.1. The van der Waals surface area contributed by atoms with E-state index in [1.807, 2.05) is 48.3 Å². The van der Waals surface area contributed by atoms with Gasteiger partial charge in [-0.1, -0.05) is 50.2 Å². The molecule has 0 saturated heterocycles. The van der Waals surface area contributed by atoms with Crippen LogP contribution >= 0.6 is 0 Å². The predicted octanol–water partition coefficient (Wildman–Crippen LogP) is 4.62. The molecule has 0 unspecified atom stereocenters. The third-order valence-electron chi connectivity index (χ3n) is 5.76. The van der Waals surface area contributed by atoms with Crippen molar-refractivity contribution in [3.63, 3.8) is 0 Å². The van der Waals surface area contributed by atoms with Crippen LogP contribution in [-0.2, 0) is 26.3 Å². The number of esters is 1. The summed E-state index contributed by atoms with van der Waals surface area (Å²) in [5.74, 6) is -0.910. The van der Waals surface area contributed by atoms with E-state index >= 15 is 0 Å². The molecule has 160 valence electrons. The number of ketones is 1. The number of methoxy groups -OCH3 is 1. The lowest BCUT2D eigenvalue weighted by Crippen LogP contribution is -2.25. The van der Waals surface area contributed by atoms with Crippen LogP contribution < -0.4 is 4.90 Å². The number of benzene rings is 2. The number of para-hydroxylation sites is 2. The second kappa shape index (κ2) is 8.04. The Hall–Kier alpha value is -3.38. The van der Waals surface area contributed by atoms with E-state index in [2.05, 4.69) is 19.9 Å². The normalized spacial score (nSPS) is 16.0. The fraction of sp³-hybridized carbons (Fsp3) is 0.280. The van der Waals surface area contributed by atoms with Crippen molar-refractivity contribution in [3.05, 3.63) is 77.2 Å². The van der Waals surface area contributed by atoms with Gasteiger partial charge in [0.15, 0.2) is 12.4 Å². The SMILES string of the molecule is COCc1c(C(=O)OCC(=O)/C=C2/N(C)c3ccccc3C2(C)C)oc2ccccc12. The van der Waals surface area contributed by atoms with Crippen molar-refractivity contribution < 1.29 is 23.5 Å². The van der Waals surface area contributed by atoms with Crippen molar-refractivity contribution in [1.82, 2.24) is 0 Å². The van der Waals surface area contributed by atoms with Gasteiger partial charge in [-0.25, -0.2) is 4.79 Å². The van der Waals surface area contributed by atoms with E-state index < -0.39 is 5.97 Å². The van der Waals surface area contributed by atoms with E-state index in [0.29, 0.717) is 11.1 Å². The minimum Gasteiger partial charge on any atom is -0.451 e. The molecule has 0 atom stereocenters. The number of anilines is 1. The maximum atomic E-state index is 12.7. The molecule has 0 spiro atoms. The van der Waals surface area contributed by atoms with Gasteiger partial charge in [0.05, 0.1) is 6.61 Å². The van der Waals surface area contributed by atoms with Crippen LogP contribution in [0.15, 0.2) is 64.7 Å². The number of carbonyl (C=O) groups is 2. The Labute approximate surface area is 181 Å². The van der Waals surface area contributed by atoms with Gasteiger partial charge in [0.1, 0.15) is 5.58 Å². The average molecular weight is 419 g/mol. The van der Waals surface area contributed by atoms with Gasteiger partial charge < -0.3 is 18.8 Å². The monoisotopic (exact) mass is 419 g/mol. The number of ether oxygens (including phenoxy) is 2. The zero-order valence-electron chi connectivity index (χ0n) is 18.1. The smallest absolute Gasteiger partial charge is 0.375 e. The maximum Gasteiger partial charge on any atom is 0.375 e. The van der Waals surface area contributed by atoms with Crippen LogP contribution in [0.4, 0.5) is 5.69 Å². The van der Waals surface area contributed by atoms with Crippen LogP contribution in [0.1, 0.15) is 35.5 Å². The van der Waals surface area contributed by atoms with Gasteiger partial charge in [-0.05, 0) is 17.7 Å². The number of nitrogens with zero attached hydrogens (tertiary/aromatic N) is 1. The van der Waals surface area contributed by atoms with E-state index in [-0.39, 0.29) is 30.2 Å². The molecule has 0 radical (unpaired) electrons. The highest BCUT2D eigenvalue weighted by atomic mass is 16.5. The summed E-state index contributed by atoms with van der Waals surface area (Å²) >= 11 is 0. The molecule has 4 rings (SSSR count). The van der Waals surface area contributed by atoms with Crippen molar-refractivity contribution in [2.45, 2.75) is 25.9 Å². The lowest BCUT2D eigenvalue weighted by molar-refractivity contribution is -0.117. The molecular formula is C25H25NO5. The molecule has 0 saturated carbocycles. The van der Waals surface area contributed by atoms with E-state index in [0.717, 1.165) is 22.3 Å². The third-order valence-corrected chi connectivity index (χ3v) is 5.76. The number of allylic oxidation sites excluding steroid dienone is 1. The number of carbonyl (C=O) groups excluding carboxylic acids is 2. The Morgan fingerprint density at radius 1 is 1.10 bits per heavy atom. The lowest BCUT2D eigenvalue weighted by Gasteiger charge is -2.23. The van der Waals surface area contributed by atoms with Gasteiger partial charge in [-0.15, -0.1) is 0 Å². The molecule has 0 N–H and O–H groups in total. The molecule has 1 aromatic heterocycles. The summed E-state index contributed by atoms with van der Waals surface area (Å²) in [5.41, 5.74) is 3.94. The van der Waals surface area contributed by atoms with Crippen LogP contribution in [0.5, 0.6) is 0 Å². The molecule has 3 aromatic rings. The van der Waals surface area contributed by atoms with Crippen LogP contribution in [0.25, 0.3) is 11.0 Å². The standard InChI is InChI=1S/C25H25NO5/c1-25(2)19-10-6-7-11-20(19)26(3)22(25)13-16(27)14-30-24(28)23-18(15-29-4)17-9-5-8-12-21(17)31-23/h5-13H,14-15H2,1-4H3/b22-13+. The van der Waals surface area contributed by atoms with Crippen LogP contribution in [-0.4, -0.2) is 32.5 Å². The molecule has 2 aromatic carbocycles. The minimum absolute atomic E-state index is 0.0641. The van der Waals surface area contributed by atoms with E-state index in [1.165, 1.54) is 0 Å². The second-order valence-corrected chi connectivity index (χ2v) is 8.11. The molecular weight excluding hydrogens is 394 g/mol. The van der Waals surface area contributed by atoms with Crippen LogP contribution in [0.3, 0.4) is 0 Å². The summed E-state index contributed by atoms with van der Waals surface area (Å²) in [6, 6.07) is 15.4. The summed E-state index contributed by atoms with van der Waals surface area (Å²) in [5, 5.41) is 0.789. The minimum atomic E-state index is -0.683. The highest BCUT2D eigenvalue weighted by molar-refractivity contribution is 5.99. The Kier molecular flexibility index (Phi) is 5.41. The summed E-state index contributed by atoms with van der Waals surface area (Å²) < 4.78 is 16.2. The second-order valence-electron chi connectivity index (χ2n) is 8.11. The Morgan fingerprint density at radius 3 is 2.55 bits per heavy atom. The Balaban J connectivity index is 1.52. The molecule has 1 aliphatic rings. The zero-order chi connectivity index (χ0) is 22.2. The van der Waals surface area contributed by atoms with Gasteiger partial charge in [0.25, 0.3) is 0 Å². The first-order chi connectivity index (χ1) is 14.8. The Morgan fingerprint density at radius 2 is 1.81 bits per heavy atom. The number of rotatable bonds is 6. The lowest BCUT2D eigenvalue weighted by atomic mass is 9.83. The van der Waals surface area contributed by atoms with Crippen molar-refractivity contribution in [2.75, 3.05) is 25.7 Å². The van der Waals surface area contributed by atoms with Gasteiger partial charge in [-0.3, -0.25) is 4.79 Å². The quantitative estimate of drug-likeness (QED) is 0.429. The van der Waals surface area contributed by atoms with Gasteiger partial charge in [0, 0.05) is 48.0 Å². The number of hydrogen-bond donors (Lipinski definition) is 0. The highest BCUT2D eigenvalue weighted by Gasteiger charge is 2.38. The maximum absolute atomic E-state index is 12.7. The largest absolute Gasteiger partial charge is 0.451 e. The molecule has 2 heterocycles. The first-order valence-electron chi connectivity index (χ1n) is 10.1. The molecule has 31 heavy (non-hydrogen) atoms. The predicted molar refractivity (Wildman–Crippen MR) is 118 cm³/mol. The average Bonchev–Trinajstić information content (AvgIpc) is 3.22. The first kappa shape index (κ1) is 20.9. The molecule has 0 fully saturated rings. The third kappa shape index (κ3) is 3.64. The number of furan rings is 1. The van der Waals surface area contributed by atoms with Crippen molar-refractivity contribution in [3.8, 4) is 0 Å². The van der Waals surface area contributed by atoms with Crippen molar-refractivity contribution in [1.29, 1.82) is 0 Å². The fourth-order valence-electron chi connectivity index (χ4n) is 4.21. The fourth-order valence-corrected chi connectivity index (χ4v) is 4.21. The summed E-state index contributed by atoms with van der Waals surface area (Å²) in [6.45, 7) is 3.99. The van der Waals surface area contributed by atoms with E-state index in [4.69, 9.17) is 13.9 Å². The number of likely N-dealkylation sites (N-methyl/N-ethyl adjacent to an activating group) is 1. The zero-order valence-corrected chi connectivity index (χ0v) is 18.1. The number of hydrogen-bond acceptors (Lipinski definition) is 6. The van der Waals surface area contributed by atoms with Crippen LogP contribution in [0, 0.1) is 0 Å². The van der Waals surface area contributed by atoms with Gasteiger partial charge in [0.2, 0.25) is 5.76 Å². The van der Waals surface area contributed by atoms with E-state index in [9.17, 15) is 9.59 Å². The summed E-state index contributed by atoms with van der Waals surface area (Å²) in [7, 11) is 3.48. The molecule has 6 heteroatoms. The summed E-state index contributed by atoms with van der Waals surface area (Å²) in [4.78, 5) is 27.3. The van der Waals surface area contributed by atoms with Crippen LogP contribution in [0.2, 0.25) is 0 Å². The molecule has 0 aliphatic carbocycles. The topological polar surface area (TPSA) is 69.0 Å². The van der Waals surface area contributed by atoms with Crippen molar-refractivity contribution >= 4 is 28.4 Å². The molecule has 1 aliphatic heterocycles. The van der Waals surface area contributed by atoms with E-state index in [1.54, 1.807) is 19.3 Å². The molecule has 0 amide bonds. The highest BCUT2D eigenvalue weighted by Crippen LogP contribution is 2.46. The summed E-state index contributed by atoms with van der Waals surface area (Å²) in [6.07, 6.45) is 1.56. The molecule has 6 nitrogen and oxygen atoms in total. The van der Waals surface area contributed by atoms with Gasteiger partial charge in [-0.2, -0.15) is 0 Å². The van der Waals surface area contributed by atoms with Crippen molar-refractivity contribution in [2.24, 2.45) is 0 Å². The number of fused-ring (bicyclic) bond motifs is 2. The Bertz CT molecular complexity index is 1190. The molecule has 0 bridgehead atoms. The van der Waals surface area contributed by atoms with Gasteiger partial charge >= 0.3 is 5.97 Å².